The van der Waals surface area contributed by atoms with Crippen LogP contribution in [-0.2, 0) is 11.3 Å². The van der Waals surface area contributed by atoms with E-state index in [-0.39, 0.29) is 11.9 Å². The molecule has 1 aromatic heterocycles. The highest BCUT2D eigenvalue weighted by atomic mass is 16.2. The second-order valence-corrected chi connectivity index (χ2v) is 5.29. The molecule has 5 nitrogen and oxygen atoms in total. The standard InChI is InChI=1S/C13H20N4O/c1-14-13(18)12-8-16(10-4-2-3-5-10)7-11-6-15-9-17(11)12/h6,9-10,12H,2-5,7-8H2,1H3,(H,14,18)/t12-/m0/s1. The molecule has 1 aromatic rings. The van der Waals surface area contributed by atoms with Crippen molar-refractivity contribution in [3.8, 4) is 0 Å². The lowest BCUT2D eigenvalue weighted by Crippen LogP contribution is -2.46. The van der Waals surface area contributed by atoms with Crippen molar-refractivity contribution >= 4 is 5.91 Å². The number of aromatic nitrogens is 2. The number of likely N-dealkylation sites (N-methyl/N-ethyl adjacent to an activating group) is 1. The van der Waals surface area contributed by atoms with Crippen molar-refractivity contribution in [3.05, 3.63) is 18.2 Å². The molecule has 0 spiro atoms. The van der Waals surface area contributed by atoms with Gasteiger partial charge in [0, 0.05) is 32.4 Å². The molecule has 18 heavy (non-hydrogen) atoms. The average molecular weight is 248 g/mol. The Bertz CT molecular complexity index is 436. The van der Waals surface area contributed by atoms with Crippen LogP contribution in [0.1, 0.15) is 37.4 Å². The predicted molar refractivity (Wildman–Crippen MR) is 68.0 cm³/mol. The second-order valence-electron chi connectivity index (χ2n) is 5.29. The van der Waals surface area contributed by atoms with Crippen LogP contribution in [0.3, 0.4) is 0 Å². The van der Waals surface area contributed by atoms with E-state index in [2.05, 4.69) is 15.2 Å². The van der Waals surface area contributed by atoms with E-state index in [9.17, 15) is 4.79 Å². The van der Waals surface area contributed by atoms with Gasteiger partial charge in [0.25, 0.3) is 0 Å². The van der Waals surface area contributed by atoms with Crippen LogP contribution in [0.4, 0.5) is 0 Å². The Morgan fingerprint density at radius 3 is 2.94 bits per heavy atom. The van der Waals surface area contributed by atoms with Crippen molar-refractivity contribution in [1.82, 2.24) is 19.8 Å². The molecular formula is C13H20N4O. The summed E-state index contributed by atoms with van der Waals surface area (Å²) in [6.07, 6.45) is 8.86. The van der Waals surface area contributed by atoms with Crippen LogP contribution in [-0.4, -0.2) is 40.0 Å². The van der Waals surface area contributed by atoms with Crippen molar-refractivity contribution in [3.63, 3.8) is 0 Å². The molecule has 3 rings (SSSR count). The predicted octanol–water partition coefficient (Wildman–Crippen LogP) is 0.928. The summed E-state index contributed by atoms with van der Waals surface area (Å²) >= 11 is 0. The van der Waals surface area contributed by atoms with Crippen LogP contribution < -0.4 is 5.32 Å². The number of rotatable bonds is 2. The van der Waals surface area contributed by atoms with Gasteiger partial charge in [-0.1, -0.05) is 12.8 Å². The van der Waals surface area contributed by atoms with Gasteiger partial charge in [0.1, 0.15) is 6.04 Å². The SMILES string of the molecule is CNC(=O)[C@@H]1CN(C2CCCC2)Cc2cncn21. The molecule has 2 heterocycles. The third-order valence-electron chi connectivity index (χ3n) is 4.24. The Balaban J connectivity index is 1.84. The molecule has 5 heteroatoms. The summed E-state index contributed by atoms with van der Waals surface area (Å²) in [7, 11) is 1.70. The number of carbonyl (C=O) groups is 1. The first-order valence-electron chi connectivity index (χ1n) is 6.76. The third kappa shape index (κ3) is 1.92. The summed E-state index contributed by atoms with van der Waals surface area (Å²) in [6, 6.07) is 0.530. The Kier molecular flexibility index (Phi) is 3.07. The molecule has 0 saturated heterocycles. The maximum atomic E-state index is 12.0. The summed E-state index contributed by atoms with van der Waals surface area (Å²) in [6.45, 7) is 1.74. The van der Waals surface area contributed by atoms with Crippen LogP contribution in [0.5, 0.6) is 0 Å². The molecule has 1 atom stereocenters. The minimum atomic E-state index is -0.123. The fraction of sp³-hybridized carbons (Fsp3) is 0.692. The summed E-state index contributed by atoms with van der Waals surface area (Å²) in [5, 5.41) is 2.76. The molecule has 1 fully saturated rings. The molecule has 0 bridgehead atoms. The summed E-state index contributed by atoms with van der Waals surface area (Å²) in [5.41, 5.74) is 1.15. The average Bonchev–Trinajstić information content (AvgIpc) is 3.06. The second kappa shape index (κ2) is 4.72. The molecule has 1 amide bonds. The zero-order valence-corrected chi connectivity index (χ0v) is 10.8. The van der Waals surface area contributed by atoms with E-state index in [4.69, 9.17) is 0 Å². The minimum absolute atomic E-state index is 0.0805. The Morgan fingerprint density at radius 1 is 1.44 bits per heavy atom. The van der Waals surface area contributed by atoms with Crippen molar-refractivity contribution in [2.24, 2.45) is 0 Å². The zero-order valence-electron chi connectivity index (χ0n) is 10.8. The highest BCUT2D eigenvalue weighted by Crippen LogP contribution is 2.29. The smallest absolute Gasteiger partial charge is 0.244 e. The number of carbonyl (C=O) groups excluding carboxylic acids is 1. The van der Waals surface area contributed by atoms with Crippen molar-refractivity contribution < 1.29 is 4.79 Å². The lowest BCUT2D eigenvalue weighted by atomic mass is 10.1. The van der Waals surface area contributed by atoms with Crippen molar-refractivity contribution in [2.75, 3.05) is 13.6 Å². The monoisotopic (exact) mass is 248 g/mol. The van der Waals surface area contributed by atoms with Crippen LogP contribution in [0, 0.1) is 0 Å². The highest BCUT2D eigenvalue weighted by Gasteiger charge is 2.33. The van der Waals surface area contributed by atoms with E-state index in [1.54, 1.807) is 13.4 Å². The summed E-state index contributed by atoms with van der Waals surface area (Å²) < 4.78 is 2.02. The number of hydrogen-bond donors (Lipinski definition) is 1. The molecular weight excluding hydrogens is 228 g/mol. The Labute approximate surface area is 107 Å². The van der Waals surface area contributed by atoms with Gasteiger partial charge in [0.2, 0.25) is 5.91 Å². The van der Waals surface area contributed by atoms with E-state index in [0.717, 1.165) is 18.8 Å². The van der Waals surface area contributed by atoms with Gasteiger partial charge in [-0.3, -0.25) is 9.69 Å². The Hall–Kier alpha value is -1.36. The zero-order chi connectivity index (χ0) is 12.5. The van der Waals surface area contributed by atoms with Crippen LogP contribution in [0.15, 0.2) is 12.5 Å². The van der Waals surface area contributed by atoms with E-state index in [1.165, 1.54) is 25.7 Å². The van der Waals surface area contributed by atoms with Crippen molar-refractivity contribution in [2.45, 2.75) is 44.3 Å². The fourth-order valence-electron chi connectivity index (χ4n) is 3.24. The van der Waals surface area contributed by atoms with Crippen molar-refractivity contribution in [1.29, 1.82) is 0 Å². The van der Waals surface area contributed by atoms with Crippen LogP contribution in [0.2, 0.25) is 0 Å². The molecule has 0 radical (unpaired) electrons. The molecule has 0 aromatic carbocycles. The largest absolute Gasteiger partial charge is 0.357 e. The lowest BCUT2D eigenvalue weighted by molar-refractivity contribution is -0.125. The molecule has 98 valence electrons. The number of fused-ring (bicyclic) bond motifs is 1. The first-order chi connectivity index (χ1) is 8.79. The quantitative estimate of drug-likeness (QED) is 0.847. The molecule has 1 aliphatic carbocycles. The van der Waals surface area contributed by atoms with Gasteiger partial charge >= 0.3 is 0 Å². The first-order valence-corrected chi connectivity index (χ1v) is 6.76. The van der Waals surface area contributed by atoms with Gasteiger partial charge in [-0.25, -0.2) is 4.98 Å². The van der Waals surface area contributed by atoms with Gasteiger partial charge in [0.15, 0.2) is 0 Å². The minimum Gasteiger partial charge on any atom is -0.357 e. The summed E-state index contributed by atoms with van der Waals surface area (Å²) in [4.78, 5) is 18.7. The van der Waals surface area contributed by atoms with E-state index >= 15 is 0 Å². The molecule has 0 unspecified atom stereocenters. The fourth-order valence-corrected chi connectivity index (χ4v) is 3.24. The van der Waals surface area contributed by atoms with Crippen LogP contribution in [0.25, 0.3) is 0 Å². The van der Waals surface area contributed by atoms with Gasteiger partial charge in [0.05, 0.1) is 12.0 Å². The maximum Gasteiger partial charge on any atom is 0.244 e. The molecule has 1 N–H and O–H groups in total. The number of imidazole rings is 1. The third-order valence-corrected chi connectivity index (χ3v) is 4.24. The number of amides is 1. The van der Waals surface area contributed by atoms with E-state index in [0.29, 0.717) is 6.04 Å². The normalized spacial score (nSPS) is 25.1. The van der Waals surface area contributed by atoms with Gasteiger partial charge in [-0.05, 0) is 12.8 Å². The van der Waals surface area contributed by atoms with E-state index in [1.807, 2.05) is 10.8 Å². The number of hydrogen-bond acceptors (Lipinski definition) is 3. The summed E-state index contributed by atoms with van der Waals surface area (Å²) in [5.74, 6) is 0.0805. The molecule has 1 aliphatic heterocycles. The number of nitrogens with one attached hydrogen (secondary N) is 1. The molecule has 2 aliphatic rings. The lowest BCUT2D eigenvalue weighted by Gasteiger charge is -2.37. The van der Waals surface area contributed by atoms with Gasteiger partial charge in [-0.2, -0.15) is 0 Å². The molecule has 1 saturated carbocycles. The first kappa shape index (κ1) is 11.7. The topological polar surface area (TPSA) is 50.2 Å². The van der Waals surface area contributed by atoms with Gasteiger partial charge < -0.3 is 9.88 Å². The Morgan fingerprint density at radius 2 is 2.22 bits per heavy atom. The van der Waals surface area contributed by atoms with Crippen LogP contribution >= 0.6 is 0 Å². The number of nitrogens with zero attached hydrogens (tertiary/aromatic N) is 3. The maximum absolute atomic E-state index is 12.0. The highest BCUT2D eigenvalue weighted by molar-refractivity contribution is 5.80. The van der Waals surface area contributed by atoms with E-state index < -0.39 is 0 Å². The van der Waals surface area contributed by atoms with Gasteiger partial charge in [-0.15, -0.1) is 0 Å².